The maximum Gasteiger partial charge on any atom is 0.305 e. The Bertz CT molecular complexity index is 1700. The lowest BCUT2D eigenvalue weighted by atomic mass is 9.68. The number of H-pyrrole nitrogens is 1. The molecule has 2 saturated carbocycles. The second-order valence-electron chi connectivity index (χ2n) is 12.0. The molecule has 228 valence electrons. The van der Waals surface area contributed by atoms with Crippen molar-refractivity contribution < 1.29 is 28.6 Å². The number of nitrogens with one attached hydrogen (secondary N) is 1. The summed E-state index contributed by atoms with van der Waals surface area (Å²) in [4.78, 5) is 60.0. The van der Waals surface area contributed by atoms with Gasteiger partial charge in [-0.05, 0) is 54.0 Å². The van der Waals surface area contributed by atoms with Crippen molar-refractivity contribution in [2.24, 2.45) is 29.6 Å². The van der Waals surface area contributed by atoms with Gasteiger partial charge in [0.1, 0.15) is 0 Å². The lowest BCUT2D eigenvalue weighted by Crippen LogP contribution is -2.43. The number of amides is 3. The van der Waals surface area contributed by atoms with Crippen LogP contribution in [0.15, 0.2) is 58.4 Å². The molecule has 2 aromatic carbocycles. The number of hydrogen-bond acceptors (Lipinski definition) is 9. The minimum absolute atomic E-state index is 0.0103. The van der Waals surface area contributed by atoms with Crippen LogP contribution in [-0.2, 0) is 19.1 Å². The number of carbonyl (C=O) groups excluding carboxylic acids is 3. The average molecular weight is 634 g/mol. The highest BCUT2D eigenvalue weighted by Crippen LogP contribution is 2.68. The maximum atomic E-state index is 13.9. The molecule has 44 heavy (non-hydrogen) atoms. The van der Waals surface area contributed by atoms with E-state index in [1.54, 1.807) is 23.8 Å². The first-order valence-electron chi connectivity index (χ1n) is 14.9. The van der Waals surface area contributed by atoms with E-state index >= 15 is 0 Å². The number of aromatic nitrogens is 1. The molecule has 0 spiro atoms. The molecule has 10 nitrogen and oxygen atoms in total. The zero-order chi connectivity index (χ0) is 30.1. The van der Waals surface area contributed by atoms with Crippen LogP contribution < -0.4 is 19.2 Å². The SMILES string of the molecule is COc1cc([C@H]2c3sc(=O)[nH]c3SC3C2[C@H]2C[C@@H]3C3C(=O)N(c4ccccc4)C(=O)C32)ccc1OCC(=O)N1CCOCC1. The molecule has 3 aromatic rings. The van der Waals surface area contributed by atoms with E-state index < -0.39 is 0 Å². The highest BCUT2D eigenvalue weighted by atomic mass is 32.2. The summed E-state index contributed by atoms with van der Waals surface area (Å²) in [7, 11) is 1.57. The van der Waals surface area contributed by atoms with Crippen molar-refractivity contribution in [3.8, 4) is 11.5 Å². The van der Waals surface area contributed by atoms with E-state index in [1.165, 1.54) is 16.2 Å². The van der Waals surface area contributed by atoms with Gasteiger partial charge in [-0.2, -0.15) is 0 Å². The molecule has 1 N–H and O–H groups in total. The molecular weight excluding hydrogens is 603 g/mol. The summed E-state index contributed by atoms with van der Waals surface area (Å²) < 4.78 is 17.0. The number of ether oxygens (including phenoxy) is 3. The minimum Gasteiger partial charge on any atom is -0.493 e. The summed E-state index contributed by atoms with van der Waals surface area (Å²) in [5, 5.41) is 0.937. The lowest BCUT2D eigenvalue weighted by molar-refractivity contribution is -0.137. The number of imide groups is 1. The molecule has 4 heterocycles. The van der Waals surface area contributed by atoms with Gasteiger partial charge < -0.3 is 24.1 Å². The first-order chi connectivity index (χ1) is 21.4. The Morgan fingerprint density at radius 1 is 1.00 bits per heavy atom. The molecule has 2 bridgehead atoms. The highest BCUT2D eigenvalue weighted by molar-refractivity contribution is 8.00. The Morgan fingerprint density at radius 2 is 1.75 bits per heavy atom. The van der Waals surface area contributed by atoms with Gasteiger partial charge >= 0.3 is 4.87 Å². The van der Waals surface area contributed by atoms with Crippen molar-refractivity contribution >= 4 is 46.5 Å². The van der Waals surface area contributed by atoms with E-state index in [4.69, 9.17) is 14.2 Å². The first kappa shape index (κ1) is 27.9. The number of rotatable bonds is 6. The predicted octanol–water partition coefficient (Wildman–Crippen LogP) is 3.36. The molecule has 5 aliphatic rings. The third kappa shape index (κ3) is 4.25. The van der Waals surface area contributed by atoms with Gasteiger partial charge in [0, 0.05) is 29.1 Å². The second kappa shape index (κ2) is 10.8. The maximum absolute atomic E-state index is 13.9. The largest absolute Gasteiger partial charge is 0.493 e. The zero-order valence-corrected chi connectivity index (χ0v) is 25.6. The fourth-order valence-corrected chi connectivity index (χ4v) is 11.2. The van der Waals surface area contributed by atoms with Crippen molar-refractivity contribution in [2.45, 2.75) is 22.6 Å². The molecule has 7 atom stereocenters. The van der Waals surface area contributed by atoms with Gasteiger partial charge in [0.25, 0.3) is 5.91 Å². The van der Waals surface area contributed by atoms with Crippen molar-refractivity contribution in [3.63, 3.8) is 0 Å². The summed E-state index contributed by atoms with van der Waals surface area (Å²) >= 11 is 2.88. The van der Waals surface area contributed by atoms with Crippen LogP contribution in [0.2, 0.25) is 0 Å². The van der Waals surface area contributed by atoms with Crippen LogP contribution in [0.25, 0.3) is 0 Å². The fraction of sp³-hybridized carbons (Fsp3) is 0.438. The third-order valence-electron chi connectivity index (χ3n) is 10.0. The van der Waals surface area contributed by atoms with Crippen molar-refractivity contribution in [1.29, 1.82) is 0 Å². The molecule has 8 rings (SSSR count). The van der Waals surface area contributed by atoms with Crippen LogP contribution in [0.4, 0.5) is 5.69 Å². The number of aromatic amines is 1. The van der Waals surface area contributed by atoms with E-state index in [0.29, 0.717) is 43.5 Å². The van der Waals surface area contributed by atoms with Gasteiger partial charge in [0.05, 0.1) is 42.9 Å². The van der Waals surface area contributed by atoms with Crippen LogP contribution in [0.5, 0.6) is 11.5 Å². The Kier molecular flexibility index (Phi) is 6.84. The van der Waals surface area contributed by atoms with E-state index in [-0.39, 0.29) is 70.0 Å². The van der Waals surface area contributed by atoms with Crippen molar-refractivity contribution in [1.82, 2.24) is 9.88 Å². The van der Waals surface area contributed by atoms with E-state index in [0.717, 1.165) is 21.9 Å². The lowest BCUT2D eigenvalue weighted by Gasteiger charge is -2.43. The number of thiazole rings is 1. The van der Waals surface area contributed by atoms with E-state index in [2.05, 4.69) is 4.98 Å². The number of thioether (sulfide) groups is 1. The average Bonchev–Trinajstić information content (AvgIpc) is 3.79. The van der Waals surface area contributed by atoms with E-state index in [9.17, 15) is 19.2 Å². The van der Waals surface area contributed by atoms with Crippen LogP contribution in [0.1, 0.15) is 22.8 Å². The smallest absolute Gasteiger partial charge is 0.305 e. The van der Waals surface area contributed by atoms with Crippen LogP contribution in [0, 0.1) is 29.6 Å². The third-order valence-corrected chi connectivity index (χ3v) is 12.6. The fourth-order valence-electron chi connectivity index (χ4n) is 8.26. The zero-order valence-electron chi connectivity index (χ0n) is 24.0. The van der Waals surface area contributed by atoms with Gasteiger partial charge in [-0.25, -0.2) is 0 Å². The van der Waals surface area contributed by atoms with E-state index in [1.807, 2.05) is 48.5 Å². The Balaban J connectivity index is 1.12. The number of benzene rings is 2. The number of fused-ring (bicyclic) bond motifs is 9. The van der Waals surface area contributed by atoms with Crippen LogP contribution in [-0.4, -0.2) is 72.9 Å². The molecule has 4 unspecified atom stereocenters. The number of anilines is 1. The summed E-state index contributed by atoms with van der Waals surface area (Å²) in [6.07, 6.45) is 0.815. The van der Waals surface area contributed by atoms with Gasteiger partial charge in [0.15, 0.2) is 18.1 Å². The topological polar surface area (TPSA) is 118 Å². The number of morpholine rings is 1. The summed E-state index contributed by atoms with van der Waals surface area (Å²) in [5.41, 5.74) is 1.58. The van der Waals surface area contributed by atoms with Gasteiger partial charge in [0.2, 0.25) is 11.8 Å². The normalized spacial score (nSPS) is 30.2. The predicted molar refractivity (Wildman–Crippen MR) is 163 cm³/mol. The second-order valence-corrected chi connectivity index (χ2v) is 14.2. The number of nitrogens with zero attached hydrogens (tertiary/aromatic N) is 2. The number of para-hydroxylation sites is 1. The number of methoxy groups -OCH3 is 1. The number of carbonyl (C=O) groups is 3. The molecule has 3 aliphatic heterocycles. The van der Waals surface area contributed by atoms with Gasteiger partial charge in [-0.15, -0.1) is 11.8 Å². The summed E-state index contributed by atoms with van der Waals surface area (Å²) in [5.74, 6) is -0.103. The standard InChI is InChI=1S/C32H31N3O7S2/c1-40-21-13-16(7-8-20(21)42-15-22(36)34-9-11-41-12-10-34)23-24-18-14-19(27(24)43-29-28(23)44-32(39)33-29)26-25(18)30(37)35(31(26)38)17-5-3-2-4-6-17/h2-8,13,18-19,23-27H,9-12,14-15H2,1H3,(H,33,39)/t18-,19-,23-,24?,25?,26?,27?/m1/s1. The monoisotopic (exact) mass is 633 g/mol. The van der Waals surface area contributed by atoms with Gasteiger partial charge in [-0.1, -0.05) is 35.6 Å². The van der Waals surface area contributed by atoms with Crippen molar-refractivity contribution in [2.75, 3.05) is 44.9 Å². The molecule has 4 fully saturated rings. The Hall–Kier alpha value is -3.61. The Morgan fingerprint density at radius 3 is 2.50 bits per heavy atom. The molecular formula is C32H31N3O7S2. The van der Waals surface area contributed by atoms with Crippen LogP contribution >= 0.6 is 23.1 Å². The minimum atomic E-state index is -0.370. The molecule has 3 amide bonds. The van der Waals surface area contributed by atoms with Gasteiger partial charge in [-0.3, -0.25) is 24.1 Å². The van der Waals surface area contributed by atoms with Crippen molar-refractivity contribution in [3.05, 3.63) is 68.6 Å². The number of hydrogen-bond donors (Lipinski definition) is 1. The van der Waals surface area contributed by atoms with Crippen LogP contribution in [0.3, 0.4) is 0 Å². The first-order valence-corrected chi connectivity index (χ1v) is 16.6. The molecule has 2 saturated heterocycles. The molecule has 0 radical (unpaired) electrons. The summed E-state index contributed by atoms with van der Waals surface area (Å²) in [6.45, 7) is 2.02. The Labute approximate surface area is 261 Å². The summed E-state index contributed by atoms with van der Waals surface area (Å²) in [6, 6.07) is 14.9. The molecule has 1 aromatic heterocycles. The molecule has 12 heteroatoms. The quantitative estimate of drug-likeness (QED) is 0.411. The highest BCUT2D eigenvalue weighted by Gasteiger charge is 2.69. The molecule has 2 aliphatic carbocycles.